The van der Waals surface area contributed by atoms with E-state index in [1.165, 1.54) is 9.58 Å². The van der Waals surface area contributed by atoms with E-state index in [-0.39, 0.29) is 6.03 Å². The Labute approximate surface area is 113 Å². The molecule has 1 amide bonds. The number of tetrazole rings is 1. The number of halogens is 1. The maximum absolute atomic E-state index is 11.8. The van der Waals surface area contributed by atoms with Crippen LogP contribution in [0.5, 0.6) is 0 Å². The smallest absolute Gasteiger partial charge is 0.329 e. The van der Waals surface area contributed by atoms with E-state index >= 15 is 0 Å². The summed E-state index contributed by atoms with van der Waals surface area (Å²) in [6.07, 6.45) is 0.514. The van der Waals surface area contributed by atoms with E-state index in [9.17, 15) is 4.79 Å². The fourth-order valence-electron chi connectivity index (χ4n) is 1.44. The predicted molar refractivity (Wildman–Crippen MR) is 69.2 cm³/mol. The van der Waals surface area contributed by atoms with Gasteiger partial charge in [-0.1, -0.05) is 28.1 Å². The molecule has 1 aromatic carbocycles. The van der Waals surface area contributed by atoms with Crippen molar-refractivity contribution in [3.05, 3.63) is 40.1 Å². The highest BCUT2D eigenvalue weighted by Crippen LogP contribution is 2.12. The highest BCUT2D eigenvalue weighted by atomic mass is 79.9. The molecule has 1 aromatic heterocycles. The zero-order valence-electron chi connectivity index (χ0n) is 10.0. The van der Waals surface area contributed by atoms with Crippen molar-refractivity contribution in [1.29, 1.82) is 0 Å². The summed E-state index contributed by atoms with van der Waals surface area (Å²) in [7, 11) is 3.32. The van der Waals surface area contributed by atoms with Gasteiger partial charge in [0.25, 0.3) is 0 Å². The van der Waals surface area contributed by atoms with Crippen LogP contribution < -0.4 is 0 Å². The van der Waals surface area contributed by atoms with Crippen molar-refractivity contribution in [2.75, 3.05) is 14.1 Å². The van der Waals surface area contributed by atoms with Crippen LogP contribution in [0.1, 0.15) is 11.4 Å². The Morgan fingerprint density at radius 3 is 2.61 bits per heavy atom. The number of amides is 1. The maximum atomic E-state index is 11.8. The molecular formula is C11H12BrN5O. The lowest BCUT2D eigenvalue weighted by molar-refractivity contribution is 0.214. The summed E-state index contributed by atoms with van der Waals surface area (Å²) in [5.41, 5.74) is 1.04. The number of rotatable bonds is 2. The van der Waals surface area contributed by atoms with E-state index < -0.39 is 0 Å². The van der Waals surface area contributed by atoms with Gasteiger partial charge in [0.2, 0.25) is 0 Å². The average Bonchev–Trinajstić information content (AvgIpc) is 2.79. The summed E-state index contributed by atoms with van der Waals surface area (Å²) >= 11 is 3.37. The molecule has 0 N–H and O–H groups in total. The SMILES string of the molecule is CN(C)C(=O)n1nnnc1Cc1ccc(Br)cc1. The van der Waals surface area contributed by atoms with E-state index in [2.05, 4.69) is 31.5 Å². The fraction of sp³-hybridized carbons (Fsp3) is 0.273. The maximum Gasteiger partial charge on any atom is 0.347 e. The monoisotopic (exact) mass is 309 g/mol. The van der Waals surface area contributed by atoms with Crippen LogP contribution in [0.15, 0.2) is 28.7 Å². The molecule has 1 heterocycles. The van der Waals surface area contributed by atoms with Crippen LogP contribution in [0.25, 0.3) is 0 Å². The lowest BCUT2D eigenvalue weighted by Crippen LogP contribution is -2.29. The third-order valence-electron chi connectivity index (χ3n) is 2.37. The Kier molecular flexibility index (Phi) is 3.71. The first-order chi connectivity index (χ1) is 8.58. The van der Waals surface area contributed by atoms with Crippen LogP contribution in [0, 0.1) is 0 Å². The summed E-state index contributed by atoms with van der Waals surface area (Å²) < 4.78 is 2.22. The first-order valence-electron chi connectivity index (χ1n) is 5.31. The molecule has 0 fully saturated rings. The summed E-state index contributed by atoms with van der Waals surface area (Å²) in [6.45, 7) is 0. The Morgan fingerprint density at radius 1 is 1.33 bits per heavy atom. The zero-order valence-corrected chi connectivity index (χ0v) is 11.6. The van der Waals surface area contributed by atoms with Crippen LogP contribution in [-0.2, 0) is 6.42 Å². The summed E-state index contributed by atoms with van der Waals surface area (Å²) in [6, 6.07) is 7.55. The number of benzene rings is 1. The van der Waals surface area contributed by atoms with E-state index in [0.29, 0.717) is 12.2 Å². The van der Waals surface area contributed by atoms with Crippen molar-refractivity contribution in [3.63, 3.8) is 0 Å². The molecular weight excluding hydrogens is 298 g/mol. The van der Waals surface area contributed by atoms with Gasteiger partial charge in [0.15, 0.2) is 5.82 Å². The number of carbonyl (C=O) groups excluding carboxylic acids is 1. The van der Waals surface area contributed by atoms with Gasteiger partial charge >= 0.3 is 6.03 Å². The molecule has 0 radical (unpaired) electrons. The van der Waals surface area contributed by atoms with Gasteiger partial charge in [-0.25, -0.2) is 4.79 Å². The first-order valence-corrected chi connectivity index (χ1v) is 6.10. The molecule has 7 heteroatoms. The minimum Gasteiger partial charge on any atom is -0.329 e. The topological polar surface area (TPSA) is 63.9 Å². The molecule has 94 valence electrons. The van der Waals surface area contributed by atoms with Gasteiger partial charge in [0.05, 0.1) is 0 Å². The molecule has 0 aliphatic rings. The summed E-state index contributed by atoms with van der Waals surface area (Å²) in [5.74, 6) is 0.524. The second-order valence-electron chi connectivity index (χ2n) is 3.99. The van der Waals surface area contributed by atoms with E-state index in [0.717, 1.165) is 10.0 Å². The van der Waals surface area contributed by atoms with Crippen LogP contribution in [0.2, 0.25) is 0 Å². The molecule has 18 heavy (non-hydrogen) atoms. The standard InChI is InChI=1S/C11H12BrN5O/c1-16(2)11(18)17-10(13-14-15-17)7-8-3-5-9(12)6-4-8/h3-6H,7H2,1-2H3. The molecule has 0 saturated heterocycles. The fourth-order valence-corrected chi connectivity index (χ4v) is 1.70. The number of nitrogens with zero attached hydrogens (tertiary/aromatic N) is 5. The van der Waals surface area contributed by atoms with Crippen LogP contribution in [0.4, 0.5) is 4.79 Å². The highest BCUT2D eigenvalue weighted by Gasteiger charge is 2.15. The van der Waals surface area contributed by atoms with E-state index in [1.807, 2.05) is 24.3 Å². The van der Waals surface area contributed by atoms with Crippen molar-refractivity contribution in [1.82, 2.24) is 25.1 Å². The van der Waals surface area contributed by atoms with Gasteiger partial charge in [0.1, 0.15) is 0 Å². The van der Waals surface area contributed by atoms with E-state index in [1.54, 1.807) is 14.1 Å². The minimum atomic E-state index is -0.257. The molecule has 0 spiro atoms. The van der Waals surface area contributed by atoms with Gasteiger partial charge in [0, 0.05) is 25.0 Å². The van der Waals surface area contributed by atoms with Crippen molar-refractivity contribution in [2.24, 2.45) is 0 Å². The Hall–Kier alpha value is -1.76. The van der Waals surface area contributed by atoms with Crippen LogP contribution in [-0.4, -0.2) is 45.2 Å². The molecule has 2 rings (SSSR count). The third-order valence-corrected chi connectivity index (χ3v) is 2.90. The Morgan fingerprint density at radius 2 is 2.00 bits per heavy atom. The lowest BCUT2D eigenvalue weighted by Gasteiger charge is -2.10. The van der Waals surface area contributed by atoms with Gasteiger partial charge in [-0.15, -0.1) is 9.78 Å². The average molecular weight is 310 g/mol. The number of aromatic nitrogens is 4. The second kappa shape index (κ2) is 5.26. The molecule has 0 unspecified atom stereocenters. The molecule has 0 aliphatic heterocycles. The second-order valence-corrected chi connectivity index (χ2v) is 4.90. The molecule has 0 atom stereocenters. The van der Waals surface area contributed by atoms with Gasteiger partial charge in [-0.2, -0.15) is 0 Å². The Bertz CT molecular complexity index is 549. The van der Waals surface area contributed by atoms with Gasteiger partial charge in [-0.05, 0) is 28.1 Å². The first kappa shape index (κ1) is 12.7. The van der Waals surface area contributed by atoms with Crippen LogP contribution in [0.3, 0.4) is 0 Å². The predicted octanol–water partition coefficient (Wildman–Crippen LogP) is 1.56. The van der Waals surface area contributed by atoms with Crippen molar-refractivity contribution < 1.29 is 4.79 Å². The largest absolute Gasteiger partial charge is 0.347 e. The quantitative estimate of drug-likeness (QED) is 0.790. The molecule has 0 saturated carbocycles. The van der Waals surface area contributed by atoms with Crippen LogP contribution >= 0.6 is 15.9 Å². The van der Waals surface area contributed by atoms with Gasteiger partial charge in [-0.3, -0.25) is 0 Å². The number of hydrogen-bond donors (Lipinski definition) is 0. The number of carbonyl (C=O) groups is 1. The normalized spacial score (nSPS) is 10.4. The minimum absolute atomic E-state index is 0.257. The summed E-state index contributed by atoms with van der Waals surface area (Å²) in [5, 5.41) is 11.1. The highest BCUT2D eigenvalue weighted by molar-refractivity contribution is 9.10. The molecule has 6 nitrogen and oxygen atoms in total. The van der Waals surface area contributed by atoms with Crippen molar-refractivity contribution in [3.8, 4) is 0 Å². The molecule has 0 aliphatic carbocycles. The Balaban J connectivity index is 2.22. The number of hydrogen-bond acceptors (Lipinski definition) is 4. The lowest BCUT2D eigenvalue weighted by atomic mass is 10.1. The van der Waals surface area contributed by atoms with Crippen molar-refractivity contribution >= 4 is 22.0 Å². The van der Waals surface area contributed by atoms with E-state index in [4.69, 9.17) is 0 Å². The molecule has 0 bridgehead atoms. The third kappa shape index (κ3) is 2.73. The zero-order chi connectivity index (χ0) is 13.1. The van der Waals surface area contributed by atoms with Gasteiger partial charge < -0.3 is 4.90 Å². The molecule has 2 aromatic rings. The summed E-state index contributed by atoms with van der Waals surface area (Å²) in [4.78, 5) is 13.2. The van der Waals surface area contributed by atoms with Crippen molar-refractivity contribution in [2.45, 2.75) is 6.42 Å².